The van der Waals surface area contributed by atoms with Crippen LogP contribution in [0.2, 0.25) is 10.0 Å². The van der Waals surface area contributed by atoms with E-state index >= 15 is 0 Å². The van der Waals surface area contributed by atoms with Crippen LogP contribution in [0.15, 0.2) is 18.2 Å². The van der Waals surface area contributed by atoms with Crippen molar-refractivity contribution in [3.05, 3.63) is 33.8 Å². The molecule has 2 saturated heterocycles. The van der Waals surface area contributed by atoms with Gasteiger partial charge in [-0.25, -0.2) is 0 Å². The predicted molar refractivity (Wildman–Crippen MR) is 106 cm³/mol. The standard InChI is InChI=1S/C19H28Cl2N4/c1-23-6-2-3-16(13-23)14-24-7-9-25(10-8-24)19(22)12-15-4-5-17(20)18(21)11-15/h4-5,11,16,22H,2-3,6-10,12-14H2,1H3. The molecular weight excluding hydrogens is 355 g/mol. The smallest absolute Gasteiger partial charge is 0.100 e. The molecule has 0 aromatic heterocycles. The van der Waals surface area contributed by atoms with Crippen LogP contribution in [0.3, 0.4) is 0 Å². The maximum atomic E-state index is 8.41. The van der Waals surface area contributed by atoms with Crippen LogP contribution in [0.4, 0.5) is 0 Å². The minimum atomic E-state index is 0.564. The molecule has 0 amide bonds. The van der Waals surface area contributed by atoms with Gasteiger partial charge in [-0.15, -0.1) is 0 Å². The van der Waals surface area contributed by atoms with E-state index in [-0.39, 0.29) is 0 Å². The fourth-order valence-electron chi connectivity index (χ4n) is 3.94. The number of nitrogens with zero attached hydrogens (tertiary/aromatic N) is 3. The van der Waals surface area contributed by atoms with Gasteiger partial charge in [-0.3, -0.25) is 10.3 Å². The van der Waals surface area contributed by atoms with Crippen LogP contribution in [0, 0.1) is 11.3 Å². The topological polar surface area (TPSA) is 33.6 Å². The average molecular weight is 383 g/mol. The molecule has 0 bridgehead atoms. The zero-order valence-corrected chi connectivity index (χ0v) is 16.5. The number of benzene rings is 1. The first kappa shape index (κ1) is 19.0. The van der Waals surface area contributed by atoms with Gasteiger partial charge in [0.25, 0.3) is 0 Å². The number of likely N-dealkylation sites (tertiary alicyclic amines) is 1. The summed E-state index contributed by atoms with van der Waals surface area (Å²) in [5.74, 6) is 1.48. The maximum absolute atomic E-state index is 8.41. The van der Waals surface area contributed by atoms with Crippen molar-refractivity contribution >= 4 is 29.0 Å². The minimum Gasteiger partial charge on any atom is -0.358 e. The number of hydrogen-bond donors (Lipinski definition) is 1. The van der Waals surface area contributed by atoms with Gasteiger partial charge in [0, 0.05) is 45.7 Å². The minimum absolute atomic E-state index is 0.564. The molecule has 3 rings (SSSR count). The molecular formula is C19H28Cl2N4. The van der Waals surface area contributed by atoms with Crippen molar-refractivity contribution < 1.29 is 0 Å². The van der Waals surface area contributed by atoms with Crippen molar-refractivity contribution in [1.82, 2.24) is 14.7 Å². The number of piperazine rings is 1. The lowest BCUT2D eigenvalue weighted by Crippen LogP contribution is -2.51. The number of halogens is 2. The molecule has 0 saturated carbocycles. The second kappa shape index (κ2) is 8.72. The second-order valence-corrected chi connectivity index (χ2v) is 8.24. The fraction of sp³-hybridized carbons (Fsp3) is 0.632. The van der Waals surface area contributed by atoms with E-state index in [1.54, 1.807) is 0 Å². The van der Waals surface area contributed by atoms with Gasteiger partial charge in [0.1, 0.15) is 5.84 Å². The van der Waals surface area contributed by atoms with Crippen molar-refractivity contribution in [1.29, 1.82) is 5.41 Å². The molecule has 1 N–H and O–H groups in total. The van der Waals surface area contributed by atoms with Crippen LogP contribution in [0.1, 0.15) is 18.4 Å². The normalized spacial score (nSPS) is 23.0. The maximum Gasteiger partial charge on any atom is 0.100 e. The number of hydrogen-bond acceptors (Lipinski definition) is 3. The first-order chi connectivity index (χ1) is 12.0. The molecule has 25 heavy (non-hydrogen) atoms. The molecule has 0 radical (unpaired) electrons. The van der Waals surface area contributed by atoms with Gasteiger partial charge in [-0.1, -0.05) is 29.3 Å². The van der Waals surface area contributed by atoms with Crippen LogP contribution in [0.5, 0.6) is 0 Å². The SMILES string of the molecule is CN1CCCC(CN2CCN(C(=N)Cc3ccc(Cl)c(Cl)c3)CC2)C1. The highest BCUT2D eigenvalue weighted by molar-refractivity contribution is 6.42. The lowest BCUT2D eigenvalue weighted by Gasteiger charge is -2.39. The van der Waals surface area contributed by atoms with Crippen LogP contribution >= 0.6 is 23.2 Å². The highest BCUT2D eigenvalue weighted by atomic mass is 35.5. The molecule has 2 aliphatic rings. The van der Waals surface area contributed by atoms with Crippen LogP contribution in [-0.2, 0) is 6.42 Å². The van der Waals surface area contributed by atoms with Gasteiger partial charge in [-0.05, 0) is 50.0 Å². The molecule has 4 nitrogen and oxygen atoms in total. The summed E-state index contributed by atoms with van der Waals surface area (Å²) >= 11 is 12.0. The van der Waals surface area contributed by atoms with Crippen molar-refractivity contribution in [2.75, 3.05) is 52.9 Å². The largest absolute Gasteiger partial charge is 0.358 e. The van der Waals surface area contributed by atoms with E-state index in [1.165, 1.54) is 32.5 Å². The molecule has 2 fully saturated rings. The van der Waals surface area contributed by atoms with Crippen molar-refractivity contribution in [2.24, 2.45) is 5.92 Å². The summed E-state index contributed by atoms with van der Waals surface area (Å²) in [6.07, 6.45) is 3.30. The third-order valence-corrected chi connectivity index (χ3v) is 6.09. The predicted octanol–water partition coefficient (Wildman–Crippen LogP) is 3.47. The monoisotopic (exact) mass is 382 g/mol. The molecule has 2 aliphatic heterocycles. The average Bonchev–Trinajstić information content (AvgIpc) is 2.59. The van der Waals surface area contributed by atoms with Gasteiger partial charge in [-0.2, -0.15) is 0 Å². The number of piperidine rings is 1. The summed E-state index contributed by atoms with van der Waals surface area (Å²) in [4.78, 5) is 7.23. The van der Waals surface area contributed by atoms with E-state index in [9.17, 15) is 0 Å². The summed E-state index contributed by atoms with van der Waals surface area (Å²) in [7, 11) is 2.23. The van der Waals surface area contributed by atoms with Crippen LogP contribution < -0.4 is 0 Å². The highest BCUT2D eigenvalue weighted by Crippen LogP contribution is 2.23. The summed E-state index contributed by atoms with van der Waals surface area (Å²) in [5, 5.41) is 9.55. The summed E-state index contributed by atoms with van der Waals surface area (Å²) in [6.45, 7) is 7.70. The van der Waals surface area contributed by atoms with Crippen molar-refractivity contribution in [3.8, 4) is 0 Å². The zero-order chi connectivity index (χ0) is 17.8. The second-order valence-electron chi connectivity index (χ2n) is 7.43. The van der Waals surface area contributed by atoms with E-state index in [4.69, 9.17) is 28.6 Å². The third-order valence-electron chi connectivity index (χ3n) is 5.35. The summed E-state index contributed by atoms with van der Waals surface area (Å²) in [6, 6.07) is 5.64. The van der Waals surface area contributed by atoms with Gasteiger partial charge in [0.05, 0.1) is 10.0 Å². The molecule has 1 aromatic rings. The Balaban J connectivity index is 1.45. The van der Waals surface area contributed by atoms with Gasteiger partial charge in [0.2, 0.25) is 0 Å². The van der Waals surface area contributed by atoms with Crippen molar-refractivity contribution in [3.63, 3.8) is 0 Å². The quantitative estimate of drug-likeness (QED) is 0.639. The molecule has 6 heteroatoms. The summed E-state index contributed by atoms with van der Waals surface area (Å²) in [5.41, 5.74) is 1.05. The summed E-state index contributed by atoms with van der Waals surface area (Å²) < 4.78 is 0. The Morgan fingerprint density at radius 3 is 2.56 bits per heavy atom. The fourth-order valence-corrected chi connectivity index (χ4v) is 4.26. The van der Waals surface area contributed by atoms with Crippen LogP contribution in [-0.4, -0.2) is 73.4 Å². The zero-order valence-electron chi connectivity index (χ0n) is 15.0. The Kier molecular flexibility index (Phi) is 6.61. The van der Waals surface area contributed by atoms with Gasteiger partial charge in [0.15, 0.2) is 0 Å². The molecule has 138 valence electrons. The number of amidine groups is 1. The van der Waals surface area contributed by atoms with Crippen LogP contribution in [0.25, 0.3) is 0 Å². The van der Waals surface area contributed by atoms with E-state index in [2.05, 4.69) is 21.7 Å². The molecule has 0 spiro atoms. The number of rotatable bonds is 4. The van der Waals surface area contributed by atoms with E-state index in [0.717, 1.165) is 37.7 Å². The van der Waals surface area contributed by atoms with Gasteiger partial charge >= 0.3 is 0 Å². The molecule has 1 atom stereocenters. The molecule has 1 aromatic carbocycles. The Morgan fingerprint density at radius 2 is 1.88 bits per heavy atom. The Labute approximate surface area is 161 Å². The Bertz CT molecular complexity index is 599. The Morgan fingerprint density at radius 1 is 1.12 bits per heavy atom. The lowest BCUT2D eigenvalue weighted by atomic mass is 9.97. The molecule has 2 heterocycles. The Hall–Kier alpha value is -0.810. The van der Waals surface area contributed by atoms with Crippen molar-refractivity contribution in [2.45, 2.75) is 19.3 Å². The van der Waals surface area contributed by atoms with E-state index in [0.29, 0.717) is 22.3 Å². The molecule has 0 aliphatic carbocycles. The van der Waals surface area contributed by atoms with Gasteiger partial charge < -0.3 is 9.80 Å². The highest BCUT2D eigenvalue weighted by Gasteiger charge is 2.24. The first-order valence-electron chi connectivity index (χ1n) is 9.18. The molecule has 1 unspecified atom stereocenters. The van der Waals surface area contributed by atoms with E-state index < -0.39 is 0 Å². The third kappa shape index (κ3) is 5.33. The number of nitrogens with one attached hydrogen (secondary N) is 1. The lowest BCUT2D eigenvalue weighted by molar-refractivity contribution is 0.120. The first-order valence-corrected chi connectivity index (χ1v) is 9.94. The van der Waals surface area contributed by atoms with E-state index in [1.807, 2.05) is 18.2 Å².